The predicted octanol–water partition coefficient (Wildman–Crippen LogP) is 1.56. The molecule has 0 aliphatic heterocycles. The van der Waals surface area contributed by atoms with Gasteiger partial charge in [-0.25, -0.2) is 0 Å². The average molecular weight is 189 g/mol. The highest BCUT2D eigenvalue weighted by Crippen LogP contribution is 2.06. The van der Waals surface area contributed by atoms with Crippen molar-refractivity contribution >= 4 is 0 Å². The first-order valence-electron chi connectivity index (χ1n) is 4.93. The lowest BCUT2D eigenvalue weighted by atomic mass is 10.2. The lowest BCUT2D eigenvalue weighted by Crippen LogP contribution is -2.35. The third-order valence-electron chi connectivity index (χ3n) is 1.41. The first kappa shape index (κ1) is 12.9. The van der Waals surface area contributed by atoms with Gasteiger partial charge in [0.25, 0.3) is 0 Å². The average Bonchev–Trinajstić information content (AvgIpc) is 2.00. The van der Waals surface area contributed by atoms with Crippen molar-refractivity contribution in [3.63, 3.8) is 0 Å². The molecule has 13 heavy (non-hydrogen) atoms. The van der Waals surface area contributed by atoms with Crippen molar-refractivity contribution in [3.05, 3.63) is 0 Å². The molecule has 3 heteroatoms. The summed E-state index contributed by atoms with van der Waals surface area (Å²) >= 11 is 0. The molecule has 0 aliphatic rings. The van der Waals surface area contributed by atoms with Crippen LogP contribution >= 0.6 is 0 Å². The van der Waals surface area contributed by atoms with Crippen LogP contribution in [0.25, 0.3) is 0 Å². The number of rotatable bonds is 6. The lowest BCUT2D eigenvalue weighted by Gasteiger charge is -2.22. The number of hydrogen-bond donors (Lipinski definition) is 1. The Kier molecular flexibility index (Phi) is 6.29. The van der Waals surface area contributed by atoms with Crippen LogP contribution in [0.2, 0.25) is 0 Å². The molecule has 0 amide bonds. The Morgan fingerprint density at radius 1 is 1.23 bits per heavy atom. The third kappa shape index (κ3) is 9.80. The van der Waals surface area contributed by atoms with Gasteiger partial charge in [0.05, 0.1) is 24.9 Å². The van der Waals surface area contributed by atoms with Gasteiger partial charge in [0, 0.05) is 6.61 Å². The van der Waals surface area contributed by atoms with Gasteiger partial charge in [0.2, 0.25) is 0 Å². The first-order chi connectivity index (χ1) is 5.95. The zero-order valence-corrected chi connectivity index (χ0v) is 9.30. The maximum Gasteiger partial charge on any atom is 0.0647 e. The molecule has 0 heterocycles. The van der Waals surface area contributed by atoms with Crippen LogP contribution in [-0.2, 0) is 9.47 Å². The van der Waals surface area contributed by atoms with Crippen molar-refractivity contribution in [2.75, 3.05) is 19.8 Å². The maximum absolute atomic E-state index is 5.77. The van der Waals surface area contributed by atoms with Gasteiger partial charge in [-0.05, 0) is 27.2 Å². The Morgan fingerprint density at radius 3 is 2.31 bits per heavy atom. The van der Waals surface area contributed by atoms with Crippen molar-refractivity contribution < 1.29 is 9.47 Å². The summed E-state index contributed by atoms with van der Waals surface area (Å²) < 4.78 is 10.8. The molecule has 0 radical (unpaired) electrons. The molecule has 0 aromatic heterocycles. The smallest absolute Gasteiger partial charge is 0.0647 e. The minimum atomic E-state index is -0.109. The fourth-order valence-corrected chi connectivity index (χ4v) is 0.784. The van der Waals surface area contributed by atoms with Gasteiger partial charge in [-0.15, -0.1) is 0 Å². The summed E-state index contributed by atoms with van der Waals surface area (Å²) in [5.74, 6) is 0. The molecular formula is C10H23NO2. The standard InChI is InChI=1S/C10H23NO2/c1-5-6-12-7-9(11)8-13-10(2,3)4/h9H,5-8,11H2,1-4H3. The molecule has 0 aromatic carbocycles. The molecule has 3 nitrogen and oxygen atoms in total. The summed E-state index contributed by atoms with van der Waals surface area (Å²) in [5.41, 5.74) is 5.66. The van der Waals surface area contributed by atoms with Gasteiger partial charge >= 0.3 is 0 Å². The number of nitrogens with two attached hydrogens (primary N) is 1. The normalized spacial score (nSPS) is 14.5. The van der Waals surface area contributed by atoms with E-state index >= 15 is 0 Å². The Bertz CT molecular complexity index is 121. The van der Waals surface area contributed by atoms with E-state index in [1.165, 1.54) is 0 Å². The summed E-state index contributed by atoms with van der Waals surface area (Å²) in [6.45, 7) is 10.1. The van der Waals surface area contributed by atoms with Gasteiger partial charge in [0.15, 0.2) is 0 Å². The molecule has 0 aromatic rings. The highest BCUT2D eigenvalue weighted by molar-refractivity contribution is 4.64. The molecule has 80 valence electrons. The lowest BCUT2D eigenvalue weighted by molar-refractivity contribution is -0.0220. The van der Waals surface area contributed by atoms with Crippen LogP contribution in [0, 0.1) is 0 Å². The molecule has 0 bridgehead atoms. The minimum absolute atomic E-state index is 0.00854. The van der Waals surface area contributed by atoms with Gasteiger partial charge in [-0.1, -0.05) is 6.92 Å². The molecule has 2 N–H and O–H groups in total. The topological polar surface area (TPSA) is 44.5 Å². The van der Waals surface area contributed by atoms with Crippen molar-refractivity contribution in [1.29, 1.82) is 0 Å². The van der Waals surface area contributed by atoms with E-state index in [9.17, 15) is 0 Å². The van der Waals surface area contributed by atoms with Crippen LogP contribution in [0.1, 0.15) is 34.1 Å². The molecule has 1 atom stereocenters. The van der Waals surface area contributed by atoms with E-state index < -0.39 is 0 Å². The third-order valence-corrected chi connectivity index (χ3v) is 1.41. The molecule has 0 aliphatic carbocycles. The van der Waals surface area contributed by atoms with Crippen LogP contribution in [0.3, 0.4) is 0 Å². The van der Waals surface area contributed by atoms with Crippen molar-refractivity contribution in [2.45, 2.75) is 45.8 Å². The maximum atomic E-state index is 5.77. The summed E-state index contributed by atoms with van der Waals surface area (Å²) in [7, 11) is 0. The van der Waals surface area contributed by atoms with Crippen LogP contribution < -0.4 is 5.73 Å². The molecule has 0 rings (SSSR count). The monoisotopic (exact) mass is 189 g/mol. The van der Waals surface area contributed by atoms with Gasteiger partial charge in [-0.3, -0.25) is 0 Å². The van der Waals surface area contributed by atoms with Gasteiger partial charge < -0.3 is 15.2 Å². The van der Waals surface area contributed by atoms with E-state index in [0.717, 1.165) is 13.0 Å². The minimum Gasteiger partial charge on any atom is -0.380 e. The highest BCUT2D eigenvalue weighted by Gasteiger charge is 2.12. The molecule has 0 saturated carbocycles. The summed E-state index contributed by atoms with van der Waals surface area (Å²) in [6, 6.07) is -0.00854. The largest absolute Gasteiger partial charge is 0.380 e. The Hall–Kier alpha value is -0.120. The fourth-order valence-electron chi connectivity index (χ4n) is 0.784. The Balaban J connectivity index is 3.35. The van der Waals surface area contributed by atoms with E-state index in [0.29, 0.717) is 13.2 Å². The van der Waals surface area contributed by atoms with E-state index in [2.05, 4.69) is 6.92 Å². The SMILES string of the molecule is CCCOCC(N)COC(C)(C)C. The Morgan fingerprint density at radius 2 is 1.85 bits per heavy atom. The number of hydrogen-bond acceptors (Lipinski definition) is 3. The van der Waals surface area contributed by atoms with Gasteiger partial charge in [0.1, 0.15) is 0 Å². The second-order valence-corrected chi connectivity index (χ2v) is 4.26. The zero-order chi connectivity index (χ0) is 10.3. The summed E-state index contributed by atoms with van der Waals surface area (Å²) in [5, 5.41) is 0. The second kappa shape index (κ2) is 6.35. The fraction of sp³-hybridized carbons (Fsp3) is 1.00. The second-order valence-electron chi connectivity index (χ2n) is 4.26. The van der Waals surface area contributed by atoms with Gasteiger partial charge in [-0.2, -0.15) is 0 Å². The molecule has 0 saturated heterocycles. The number of ether oxygens (including phenoxy) is 2. The van der Waals surface area contributed by atoms with E-state index in [1.54, 1.807) is 0 Å². The molecular weight excluding hydrogens is 166 g/mol. The summed E-state index contributed by atoms with van der Waals surface area (Å²) in [4.78, 5) is 0. The predicted molar refractivity (Wildman–Crippen MR) is 54.8 cm³/mol. The van der Waals surface area contributed by atoms with Crippen LogP contribution in [0.15, 0.2) is 0 Å². The van der Waals surface area contributed by atoms with Crippen molar-refractivity contribution in [1.82, 2.24) is 0 Å². The van der Waals surface area contributed by atoms with Crippen LogP contribution in [0.4, 0.5) is 0 Å². The Labute approximate surface area is 81.6 Å². The van der Waals surface area contributed by atoms with Crippen LogP contribution in [0.5, 0.6) is 0 Å². The summed E-state index contributed by atoms with van der Waals surface area (Å²) in [6.07, 6.45) is 1.03. The van der Waals surface area contributed by atoms with Crippen LogP contribution in [-0.4, -0.2) is 31.5 Å². The quantitative estimate of drug-likeness (QED) is 0.645. The molecule has 1 unspecified atom stereocenters. The van der Waals surface area contributed by atoms with Crippen molar-refractivity contribution in [2.24, 2.45) is 5.73 Å². The van der Waals surface area contributed by atoms with Crippen molar-refractivity contribution in [3.8, 4) is 0 Å². The molecule has 0 fully saturated rings. The highest BCUT2D eigenvalue weighted by atomic mass is 16.5. The van der Waals surface area contributed by atoms with E-state index in [1.807, 2.05) is 20.8 Å². The van der Waals surface area contributed by atoms with E-state index in [-0.39, 0.29) is 11.6 Å². The molecule has 0 spiro atoms. The zero-order valence-electron chi connectivity index (χ0n) is 9.30. The van der Waals surface area contributed by atoms with E-state index in [4.69, 9.17) is 15.2 Å². The first-order valence-corrected chi connectivity index (χ1v) is 4.93.